The summed E-state index contributed by atoms with van der Waals surface area (Å²) in [6.07, 6.45) is 7.11. The van der Waals surface area contributed by atoms with Gasteiger partial charge in [-0.1, -0.05) is 5.16 Å². The molecule has 1 aromatic rings. The van der Waals surface area contributed by atoms with Gasteiger partial charge in [0.15, 0.2) is 5.75 Å². The molecule has 0 radical (unpaired) electrons. The van der Waals surface area contributed by atoms with Gasteiger partial charge in [0, 0.05) is 24.0 Å². The zero-order valence-electron chi connectivity index (χ0n) is 6.69. The topological polar surface area (TPSA) is 34.5 Å². The van der Waals surface area contributed by atoms with Crippen LogP contribution in [0.15, 0.2) is 29.2 Å². The number of nitrogens with zero attached hydrogens (tertiary/aromatic N) is 2. The Morgan fingerprint density at radius 3 is 3.25 bits per heavy atom. The second kappa shape index (κ2) is 2.77. The minimum Gasteiger partial charge on any atom is -0.356 e. The molecule has 0 saturated carbocycles. The largest absolute Gasteiger partial charge is 0.356 e. The third-order valence-corrected chi connectivity index (χ3v) is 1.60. The van der Waals surface area contributed by atoms with Crippen LogP contribution in [-0.4, -0.2) is 11.2 Å². The summed E-state index contributed by atoms with van der Waals surface area (Å²) < 4.78 is 0. The Morgan fingerprint density at radius 2 is 2.33 bits per heavy atom. The number of aromatic nitrogens is 1. The van der Waals surface area contributed by atoms with Crippen LogP contribution in [0, 0.1) is 0 Å². The molecule has 0 fully saturated rings. The normalized spacial score (nSPS) is 14.2. The van der Waals surface area contributed by atoms with Gasteiger partial charge in [0.05, 0.1) is 6.21 Å². The summed E-state index contributed by atoms with van der Waals surface area (Å²) in [6.45, 7) is 1.97. The van der Waals surface area contributed by atoms with Crippen LogP contribution in [0.2, 0.25) is 0 Å². The molecule has 0 spiro atoms. The Kier molecular flexibility index (Phi) is 1.63. The van der Waals surface area contributed by atoms with Gasteiger partial charge in [-0.05, 0) is 18.6 Å². The fourth-order valence-corrected chi connectivity index (χ4v) is 1.03. The molecule has 0 aliphatic carbocycles. The highest BCUT2D eigenvalue weighted by Crippen LogP contribution is 2.21. The van der Waals surface area contributed by atoms with Crippen LogP contribution in [0.3, 0.4) is 0 Å². The number of oxime groups is 1. The number of hydrogen-bond donors (Lipinski definition) is 0. The van der Waals surface area contributed by atoms with Gasteiger partial charge >= 0.3 is 0 Å². The molecule has 60 valence electrons. The fourth-order valence-electron chi connectivity index (χ4n) is 1.03. The molecule has 2 rings (SSSR count). The molecule has 3 heteroatoms. The number of fused-ring (bicyclic) bond motifs is 1. The van der Waals surface area contributed by atoms with E-state index in [1.54, 1.807) is 24.7 Å². The third kappa shape index (κ3) is 1.21. The molecule has 3 nitrogen and oxygen atoms in total. The van der Waals surface area contributed by atoms with Crippen molar-refractivity contribution < 1.29 is 4.84 Å². The van der Waals surface area contributed by atoms with E-state index >= 15 is 0 Å². The highest BCUT2D eigenvalue weighted by molar-refractivity contribution is 5.86. The van der Waals surface area contributed by atoms with Crippen LogP contribution in [0.1, 0.15) is 12.5 Å². The molecule has 0 N–H and O–H groups in total. The predicted molar refractivity (Wildman–Crippen MR) is 47.0 cm³/mol. The van der Waals surface area contributed by atoms with Crippen molar-refractivity contribution in [2.24, 2.45) is 5.16 Å². The van der Waals surface area contributed by atoms with E-state index in [1.165, 1.54) is 0 Å². The number of pyridine rings is 1. The van der Waals surface area contributed by atoms with Crippen LogP contribution in [-0.2, 0) is 0 Å². The average Bonchev–Trinajstić information content (AvgIpc) is 2.25. The molecule has 1 aromatic heterocycles. The first-order valence-corrected chi connectivity index (χ1v) is 3.69. The van der Waals surface area contributed by atoms with Crippen LogP contribution in [0.4, 0.5) is 0 Å². The average molecular weight is 160 g/mol. The summed E-state index contributed by atoms with van der Waals surface area (Å²) >= 11 is 0. The zero-order chi connectivity index (χ0) is 8.39. The maximum atomic E-state index is 5.10. The Hall–Kier alpha value is -1.64. The molecule has 1 aliphatic heterocycles. The van der Waals surface area contributed by atoms with Crippen molar-refractivity contribution >= 4 is 12.3 Å². The molecule has 0 aromatic carbocycles. The van der Waals surface area contributed by atoms with Gasteiger partial charge in [0.25, 0.3) is 0 Å². The lowest BCUT2D eigenvalue weighted by atomic mass is 10.2. The number of rotatable bonds is 0. The summed E-state index contributed by atoms with van der Waals surface area (Å²) in [5, 5.41) is 3.77. The Labute approximate surface area is 70.4 Å². The van der Waals surface area contributed by atoms with Crippen LogP contribution >= 0.6 is 0 Å². The molecular formula is C9H8N2O. The lowest BCUT2D eigenvalue weighted by molar-refractivity contribution is 0.343. The van der Waals surface area contributed by atoms with Crippen LogP contribution in [0.25, 0.3) is 6.08 Å². The summed E-state index contributed by atoms with van der Waals surface area (Å²) in [7, 11) is 0. The van der Waals surface area contributed by atoms with Gasteiger partial charge in [-0.2, -0.15) is 0 Å². The molecule has 12 heavy (non-hydrogen) atoms. The summed E-state index contributed by atoms with van der Waals surface area (Å²) in [5.41, 5.74) is 2.02. The lowest BCUT2D eigenvalue weighted by Gasteiger charge is -1.98. The smallest absolute Gasteiger partial charge is 0.168 e. The quantitative estimate of drug-likeness (QED) is 0.580. The SMILES string of the molecule is CC1=Cc2cnccc2ON=C1. The molecular weight excluding hydrogens is 152 g/mol. The van der Waals surface area contributed by atoms with Gasteiger partial charge in [-0.3, -0.25) is 4.98 Å². The van der Waals surface area contributed by atoms with Gasteiger partial charge in [0.2, 0.25) is 0 Å². The standard InChI is InChI=1S/C9H8N2O/c1-7-4-8-6-10-3-2-9(8)12-11-5-7/h2-6H,1H3. The van der Waals surface area contributed by atoms with Gasteiger partial charge in [-0.15, -0.1) is 0 Å². The minimum absolute atomic E-state index is 0.748. The summed E-state index contributed by atoms with van der Waals surface area (Å²) in [6, 6.07) is 1.79. The van der Waals surface area contributed by atoms with Crippen molar-refractivity contribution in [1.82, 2.24) is 4.98 Å². The van der Waals surface area contributed by atoms with Crippen LogP contribution < -0.4 is 4.84 Å². The predicted octanol–water partition coefficient (Wildman–Crippen LogP) is 1.86. The van der Waals surface area contributed by atoms with Crippen molar-refractivity contribution in [3.05, 3.63) is 29.6 Å². The third-order valence-electron chi connectivity index (χ3n) is 1.60. The second-order valence-electron chi connectivity index (χ2n) is 2.63. The maximum Gasteiger partial charge on any atom is 0.168 e. The Balaban J connectivity index is 2.54. The first-order chi connectivity index (χ1) is 5.86. The Morgan fingerprint density at radius 1 is 1.42 bits per heavy atom. The zero-order valence-corrected chi connectivity index (χ0v) is 6.69. The first kappa shape index (κ1) is 7.03. The van der Waals surface area contributed by atoms with Gasteiger partial charge in [-0.25, -0.2) is 0 Å². The first-order valence-electron chi connectivity index (χ1n) is 3.69. The van der Waals surface area contributed by atoms with Gasteiger partial charge in [0.1, 0.15) is 0 Å². The van der Waals surface area contributed by atoms with Crippen molar-refractivity contribution in [2.45, 2.75) is 6.92 Å². The molecule has 0 bridgehead atoms. The molecule has 0 saturated heterocycles. The van der Waals surface area contributed by atoms with E-state index in [1.807, 2.05) is 13.0 Å². The molecule has 1 aliphatic rings. The number of allylic oxidation sites excluding steroid dienone is 1. The van der Waals surface area contributed by atoms with E-state index in [-0.39, 0.29) is 0 Å². The Bertz CT molecular complexity index is 355. The van der Waals surface area contributed by atoms with E-state index in [0.29, 0.717) is 0 Å². The monoisotopic (exact) mass is 160 g/mol. The molecule has 2 heterocycles. The van der Waals surface area contributed by atoms with E-state index in [2.05, 4.69) is 10.1 Å². The van der Waals surface area contributed by atoms with E-state index in [0.717, 1.165) is 16.9 Å². The van der Waals surface area contributed by atoms with Crippen molar-refractivity contribution in [3.8, 4) is 5.75 Å². The molecule has 0 atom stereocenters. The highest BCUT2D eigenvalue weighted by atomic mass is 16.6. The van der Waals surface area contributed by atoms with Crippen molar-refractivity contribution in [2.75, 3.05) is 0 Å². The summed E-state index contributed by atoms with van der Waals surface area (Å²) in [4.78, 5) is 9.09. The highest BCUT2D eigenvalue weighted by Gasteiger charge is 2.03. The molecule has 0 unspecified atom stereocenters. The molecule has 0 amide bonds. The van der Waals surface area contributed by atoms with Crippen molar-refractivity contribution in [3.63, 3.8) is 0 Å². The van der Waals surface area contributed by atoms with E-state index in [4.69, 9.17) is 4.84 Å². The lowest BCUT2D eigenvalue weighted by Crippen LogP contribution is -1.84. The van der Waals surface area contributed by atoms with Crippen LogP contribution in [0.5, 0.6) is 5.75 Å². The van der Waals surface area contributed by atoms with Gasteiger partial charge < -0.3 is 4.84 Å². The fraction of sp³-hybridized carbons (Fsp3) is 0.111. The van der Waals surface area contributed by atoms with Crippen molar-refractivity contribution in [1.29, 1.82) is 0 Å². The number of hydrogen-bond acceptors (Lipinski definition) is 3. The minimum atomic E-state index is 0.748. The van der Waals surface area contributed by atoms with E-state index < -0.39 is 0 Å². The summed E-state index contributed by atoms with van der Waals surface area (Å²) in [5.74, 6) is 0.748. The van der Waals surface area contributed by atoms with E-state index in [9.17, 15) is 0 Å². The second-order valence-corrected chi connectivity index (χ2v) is 2.63. The maximum absolute atomic E-state index is 5.10.